The van der Waals surface area contributed by atoms with Crippen molar-refractivity contribution in [2.24, 2.45) is 5.73 Å². The van der Waals surface area contributed by atoms with Crippen molar-refractivity contribution in [1.82, 2.24) is 0 Å². The van der Waals surface area contributed by atoms with Crippen LogP contribution in [0, 0.1) is 0 Å². The van der Waals surface area contributed by atoms with Gasteiger partial charge in [-0.15, -0.1) is 0 Å². The normalized spacial score (nSPS) is 19.6. The van der Waals surface area contributed by atoms with Crippen molar-refractivity contribution in [2.45, 2.75) is 25.1 Å². The van der Waals surface area contributed by atoms with Crippen molar-refractivity contribution in [3.05, 3.63) is 29.3 Å². The summed E-state index contributed by atoms with van der Waals surface area (Å²) in [4.78, 5) is 1.75. The lowest BCUT2D eigenvalue weighted by Crippen LogP contribution is -2.39. The third-order valence-corrected chi connectivity index (χ3v) is 3.87. The summed E-state index contributed by atoms with van der Waals surface area (Å²) in [6.45, 7) is 1.43. The molecule has 1 heterocycles. The summed E-state index contributed by atoms with van der Waals surface area (Å²) in [7, 11) is 1.64. The van der Waals surface area contributed by atoms with Gasteiger partial charge in [-0.2, -0.15) is 13.2 Å². The van der Waals surface area contributed by atoms with E-state index >= 15 is 0 Å². The van der Waals surface area contributed by atoms with Crippen LogP contribution in [0.25, 0.3) is 0 Å². The molecule has 2 N–H and O–H groups in total. The van der Waals surface area contributed by atoms with E-state index in [4.69, 9.17) is 22.7 Å². The van der Waals surface area contributed by atoms with E-state index in [9.17, 15) is 13.2 Å². The summed E-state index contributed by atoms with van der Waals surface area (Å²) >= 11 is 4.76. The fourth-order valence-electron chi connectivity index (χ4n) is 2.55. The van der Waals surface area contributed by atoms with Gasteiger partial charge in [-0.1, -0.05) is 12.2 Å². The first-order valence-electron chi connectivity index (χ1n) is 6.61. The van der Waals surface area contributed by atoms with Crippen LogP contribution in [0.15, 0.2) is 18.2 Å². The molecule has 0 aromatic heterocycles. The predicted octanol–water partition coefficient (Wildman–Crippen LogP) is 2.95. The van der Waals surface area contributed by atoms with E-state index < -0.39 is 11.7 Å². The molecular formula is C14H17F3N2OS. The SMILES string of the molecule is COC1CCCN(c2ccc(C(F)(F)F)c(C(N)=S)c2)C1. The van der Waals surface area contributed by atoms with Gasteiger partial charge < -0.3 is 15.4 Å². The van der Waals surface area contributed by atoms with Crippen molar-refractivity contribution in [1.29, 1.82) is 0 Å². The molecule has 1 fully saturated rings. The van der Waals surface area contributed by atoms with Gasteiger partial charge in [-0.05, 0) is 31.0 Å². The van der Waals surface area contributed by atoms with Gasteiger partial charge >= 0.3 is 6.18 Å². The summed E-state index contributed by atoms with van der Waals surface area (Å²) < 4.78 is 44.2. The number of piperidine rings is 1. The van der Waals surface area contributed by atoms with Crippen LogP contribution in [-0.4, -0.2) is 31.3 Å². The van der Waals surface area contributed by atoms with E-state index in [2.05, 4.69) is 0 Å². The second kappa shape index (κ2) is 6.19. The zero-order valence-electron chi connectivity index (χ0n) is 11.6. The summed E-state index contributed by atoms with van der Waals surface area (Å²) in [5.74, 6) is 0. The highest BCUT2D eigenvalue weighted by Gasteiger charge is 2.34. The van der Waals surface area contributed by atoms with Crippen molar-refractivity contribution >= 4 is 22.9 Å². The van der Waals surface area contributed by atoms with Crippen LogP contribution < -0.4 is 10.6 Å². The monoisotopic (exact) mass is 318 g/mol. The molecule has 3 nitrogen and oxygen atoms in total. The van der Waals surface area contributed by atoms with Crippen molar-refractivity contribution in [3.63, 3.8) is 0 Å². The number of anilines is 1. The Morgan fingerprint density at radius 3 is 2.71 bits per heavy atom. The topological polar surface area (TPSA) is 38.5 Å². The fourth-order valence-corrected chi connectivity index (χ4v) is 2.71. The number of nitrogens with two attached hydrogens (primary N) is 1. The Kier molecular flexibility index (Phi) is 4.73. The van der Waals surface area contributed by atoms with Crippen LogP contribution in [0.1, 0.15) is 24.0 Å². The second-order valence-corrected chi connectivity index (χ2v) is 5.48. The molecule has 1 unspecified atom stereocenters. The number of hydrogen-bond acceptors (Lipinski definition) is 3. The molecule has 1 aliphatic heterocycles. The number of thiocarbonyl (C=S) groups is 1. The molecule has 0 saturated carbocycles. The lowest BCUT2D eigenvalue weighted by molar-refractivity contribution is -0.137. The van der Waals surface area contributed by atoms with Gasteiger partial charge in [0.2, 0.25) is 0 Å². The zero-order chi connectivity index (χ0) is 15.6. The molecule has 1 saturated heterocycles. The molecule has 0 amide bonds. The van der Waals surface area contributed by atoms with Gasteiger partial charge in [0.05, 0.1) is 11.7 Å². The summed E-state index contributed by atoms with van der Waals surface area (Å²) in [5, 5.41) is 0. The molecule has 1 atom stereocenters. The van der Waals surface area contributed by atoms with E-state index in [1.165, 1.54) is 12.1 Å². The van der Waals surface area contributed by atoms with Crippen molar-refractivity contribution in [2.75, 3.05) is 25.1 Å². The Morgan fingerprint density at radius 1 is 1.43 bits per heavy atom. The second-order valence-electron chi connectivity index (χ2n) is 5.04. The van der Waals surface area contributed by atoms with Crippen molar-refractivity contribution < 1.29 is 17.9 Å². The molecule has 7 heteroatoms. The number of methoxy groups -OCH3 is 1. The van der Waals surface area contributed by atoms with E-state index in [0.29, 0.717) is 12.2 Å². The largest absolute Gasteiger partial charge is 0.417 e. The molecule has 0 spiro atoms. The number of benzene rings is 1. The number of hydrogen-bond donors (Lipinski definition) is 1. The van der Waals surface area contributed by atoms with Gasteiger partial charge in [-0.3, -0.25) is 0 Å². The lowest BCUT2D eigenvalue weighted by Gasteiger charge is -2.34. The molecule has 0 bridgehead atoms. The average Bonchev–Trinajstić information content (AvgIpc) is 2.45. The predicted molar refractivity (Wildman–Crippen MR) is 79.6 cm³/mol. The Bertz CT molecular complexity index is 533. The maximum Gasteiger partial charge on any atom is 0.417 e. The Morgan fingerprint density at radius 2 is 2.14 bits per heavy atom. The molecule has 21 heavy (non-hydrogen) atoms. The molecule has 2 rings (SSSR count). The minimum Gasteiger partial charge on any atom is -0.389 e. The molecular weight excluding hydrogens is 301 g/mol. The van der Waals surface area contributed by atoms with Crippen LogP contribution in [-0.2, 0) is 10.9 Å². The minimum atomic E-state index is -4.46. The first-order chi connectivity index (χ1) is 9.82. The van der Waals surface area contributed by atoms with Gasteiger partial charge in [0.15, 0.2) is 0 Å². The summed E-state index contributed by atoms with van der Waals surface area (Å²) in [6.07, 6.45) is -2.49. The van der Waals surface area contributed by atoms with Crippen molar-refractivity contribution in [3.8, 4) is 0 Å². The van der Waals surface area contributed by atoms with Gasteiger partial charge in [0.1, 0.15) is 4.99 Å². The lowest BCUT2D eigenvalue weighted by atomic mass is 10.0. The zero-order valence-corrected chi connectivity index (χ0v) is 12.4. The maximum absolute atomic E-state index is 13.0. The number of alkyl halides is 3. The molecule has 0 aliphatic carbocycles. The smallest absolute Gasteiger partial charge is 0.389 e. The van der Waals surface area contributed by atoms with E-state index in [1.54, 1.807) is 7.11 Å². The first-order valence-corrected chi connectivity index (χ1v) is 7.02. The van der Waals surface area contributed by atoms with Gasteiger partial charge in [0.25, 0.3) is 0 Å². The average molecular weight is 318 g/mol. The highest BCUT2D eigenvalue weighted by Crippen LogP contribution is 2.34. The summed E-state index contributed by atoms with van der Waals surface area (Å²) in [6, 6.07) is 3.92. The quantitative estimate of drug-likeness (QED) is 0.870. The third kappa shape index (κ3) is 3.65. The highest BCUT2D eigenvalue weighted by atomic mass is 32.1. The van der Waals surface area contributed by atoms with Crippen LogP contribution in [0.5, 0.6) is 0 Å². The Hall–Kier alpha value is -1.34. The maximum atomic E-state index is 13.0. The van der Waals surface area contributed by atoms with Gasteiger partial charge in [0, 0.05) is 31.5 Å². The molecule has 1 aromatic rings. The van der Waals surface area contributed by atoms with E-state index in [1.807, 2.05) is 4.90 Å². The number of ether oxygens (including phenoxy) is 1. The van der Waals surface area contributed by atoms with Crippen LogP contribution in [0.2, 0.25) is 0 Å². The number of halogens is 3. The fraction of sp³-hybridized carbons (Fsp3) is 0.500. The van der Waals surface area contributed by atoms with Crippen LogP contribution in [0.3, 0.4) is 0 Å². The van der Waals surface area contributed by atoms with Crippen LogP contribution in [0.4, 0.5) is 18.9 Å². The van der Waals surface area contributed by atoms with E-state index in [-0.39, 0.29) is 16.7 Å². The van der Waals surface area contributed by atoms with E-state index in [0.717, 1.165) is 25.5 Å². The van der Waals surface area contributed by atoms with Gasteiger partial charge in [-0.25, -0.2) is 0 Å². The molecule has 0 radical (unpaired) electrons. The highest BCUT2D eigenvalue weighted by molar-refractivity contribution is 7.80. The Balaban J connectivity index is 2.34. The number of nitrogens with zero attached hydrogens (tertiary/aromatic N) is 1. The molecule has 116 valence electrons. The van der Waals surface area contributed by atoms with Crippen LogP contribution >= 0.6 is 12.2 Å². The third-order valence-electron chi connectivity index (χ3n) is 3.65. The molecule has 1 aromatic carbocycles. The number of rotatable bonds is 3. The minimum absolute atomic E-state index is 0.0920. The Labute approximate surface area is 126 Å². The summed E-state index contributed by atoms with van der Waals surface area (Å²) in [5.41, 5.74) is 5.22. The first kappa shape index (κ1) is 16.0. The molecule has 1 aliphatic rings. The standard InChI is InChI=1S/C14H17F3N2OS/c1-20-10-3-2-6-19(8-10)9-4-5-12(14(15,16)17)11(7-9)13(18)21/h4-5,7,10H,2-3,6,8H2,1H3,(H2,18,21).